The van der Waals surface area contributed by atoms with Crippen molar-refractivity contribution in [1.29, 1.82) is 0 Å². The monoisotopic (exact) mass is 542 g/mol. The SMILES string of the molecule is CN=C(NCc1ccccc1S(=O)(=O)N(C)C)NCc1oc2ccccc2c1C.I. The first-order chi connectivity index (χ1) is 13.8. The van der Waals surface area contributed by atoms with Crippen LogP contribution < -0.4 is 10.6 Å². The molecule has 0 radical (unpaired) electrons. The molecule has 3 aromatic rings. The number of nitrogens with zero attached hydrogens (tertiary/aromatic N) is 2. The highest BCUT2D eigenvalue weighted by Gasteiger charge is 2.20. The molecule has 0 fully saturated rings. The lowest BCUT2D eigenvalue weighted by molar-refractivity contribution is 0.519. The zero-order chi connectivity index (χ0) is 21.0. The number of furan rings is 1. The van der Waals surface area contributed by atoms with E-state index in [-0.39, 0.29) is 28.9 Å². The molecule has 0 aliphatic carbocycles. The van der Waals surface area contributed by atoms with Gasteiger partial charge in [0.1, 0.15) is 11.3 Å². The van der Waals surface area contributed by atoms with Gasteiger partial charge in [-0.1, -0.05) is 36.4 Å². The number of rotatable bonds is 6. The Labute approximate surface area is 194 Å². The van der Waals surface area contributed by atoms with Crippen molar-refractivity contribution in [2.24, 2.45) is 4.99 Å². The van der Waals surface area contributed by atoms with Gasteiger partial charge in [-0.3, -0.25) is 4.99 Å². The van der Waals surface area contributed by atoms with E-state index in [0.29, 0.717) is 24.6 Å². The zero-order valence-electron chi connectivity index (χ0n) is 17.5. The van der Waals surface area contributed by atoms with Gasteiger partial charge >= 0.3 is 0 Å². The summed E-state index contributed by atoms with van der Waals surface area (Å²) in [4.78, 5) is 4.50. The Bertz CT molecular complexity index is 1140. The van der Waals surface area contributed by atoms with Gasteiger partial charge < -0.3 is 15.1 Å². The minimum atomic E-state index is -3.52. The number of nitrogens with one attached hydrogen (secondary N) is 2. The number of para-hydroxylation sites is 1. The van der Waals surface area contributed by atoms with E-state index >= 15 is 0 Å². The second-order valence-corrected chi connectivity index (χ2v) is 8.94. The molecule has 1 aromatic heterocycles. The summed E-state index contributed by atoms with van der Waals surface area (Å²) in [5.74, 6) is 1.40. The molecular weight excluding hydrogens is 515 g/mol. The second kappa shape index (κ2) is 10.3. The smallest absolute Gasteiger partial charge is 0.242 e. The molecule has 0 saturated carbocycles. The standard InChI is InChI=1S/C21H26N4O3S.HI/c1-15-17-10-6-7-11-18(17)28-19(15)14-24-21(22-2)23-13-16-9-5-8-12-20(16)29(26,27)25(3)4;/h5-12H,13-14H2,1-4H3,(H2,22,23,24);1H. The Hall–Kier alpha value is -2.11. The Balaban J connectivity index is 0.00000320. The Morgan fingerprint density at radius 3 is 2.33 bits per heavy atom. The van der Waals surface area contributed by atoms with Gasteiger partial charge in [-0.25, -0.2) is 12.7 Å². The van der Waals surface area contributed by atoms with Crippen LogP contribution in [0.25, 0.3) is 11.0 Å². The third-order valence-corrected chi connectivity index (χ3v) is 6.68. The molecule has 0 amide bonds. The Kier molecular flexibility index (Phi) is 8.27. The average Bonchev–Trinajstić information content (AvgIpc) is 3.04. The number of hydrogen-bond acceptors (Lipinski definition) is 4. The summed E-state index contributed by atoms with van der Waals surface area (Å²) in [5.41, 5.74) is 2.61. The number of sulfonamides is 1. The molecule has 0 aliphatic heterocycles. The van der Waals surface area contributed by atoms with Crippen LogP contribution in [0.1, 0.15) is 16.9 Å². The zero-order valence-corrected chi connectivity index (χ0v) is 20.6. The number of aliphatic imine (C=N–C) groups is 1. The highest BCUT2D eigenvalue weighted by Crippen LogP contribution is 2.24. The summed E-state index contributed by atoms with van der Waals surface area (Å²) in [5, 5.41) is 7.49. The minimum Gasteiger partial charge on any atom is -0.459 e. The van der Waals surface area contributed by atoms with Gasteiger partial charge in [0.05, 0.1) is 11.4 Å². The highest BCUT2D eigenvalue weighted by molar-refractivity contribution is 14.0. The topological polar surface area (TPSA) is 86.9 Å². The van der Waals surface area contributed by atoms with Crippen LogP contribution in [0.4, 0.5) is 0 Å². The molecule has 0 aliphatic rings. The van der Waals surface area contributed by atoms with Crippen LogP contribution in [0, 0.1) is 6.92 Å². The fourth-order valence-corrected chi connectivity index (χ4v) is 4.17. The van der Waals surface area contributed by atoms with E-state index in [9.17, 15) is 8.42 Å². The van der Waals surface area contributed by atoms with E-state index in [0.717, 1.165) is 22.3 Å². The first-order valence-corrected chi connectivity index (χ1v) is 10.7. The quantitative estimate of drug-likeness (QED) is 0.283. The molecule has 162 valence electrons. The molecule has 0 unspecified atom stereocenters. The van der Waals surface area contributed by atoms with Gasteiger partial charge in [0.2, 0.25) is 10.0 Å². The van der Waals surface area contributed by atoms with Gasteiger partial charge in [-0.2, -0.15) is 0 Å². The van der Waals surface area contributed by atoms with Crippen LogP contribution in [0.15, 0.2) is 62.8 Å². The molecule has 2 N–H and O–H groups in total. The van der Waals surface area contributed by atoms with Crippen LogP contribution in [0.2, 0.25) is 0 Å². The van der Waals surface area contributed by atoms with Crippen molar-refractivity contribution < 1.29 is 12.8 Å². The maximum absolute atomic E-state index is 12.5. The first kappa shape index (κ1) is 24.2. The fourth-order valence-electron chi connectivity index (χ4n) is 3.06. The molecule has 7 nitrogen and oxygen atoms in total. The number of fused-ring (bicyclic) bond motifs is 1. The molecule has 0 saturated heterocycles. The van der Waals surface area contributed by atoms with Crippen LogP contribution in [-0.2, 0) is 23.1 Å². The van der Waals surface area contributed by atoms with E-state index in [2.05, 4.69) is 15.6 Å². The van der Waals surface area contributed by atoms with Crippen molar-refractivity contribution in [3.8, 4) is 0 Å². The maximum Gasteiger partial charge on any atom is 0.242 e. The lowest BCUT2D eigenvalue weighted by Crippen LogP contribution is -2.37. The molecule has 3 rings (SSSR count). The van der Waals surface area contributed by atoms with E-state index in [1.54, 1.807) is 25.2 Å². The number of benzene rings is 2. The lowest BCUT2D eigenvalue weighted by atomic mass is 10.1. The average molecular weight is 542 g/mol. The Morgan fingerprint density at radius 1 is 1.03 bits per heavy atom. The van der Waals surface area contributed by atoms with Crippen LogP contribution in [-0.4, -0.2) is 39.8 Å². The van der Waals surface area contributed by atoms with Crippen LogP contribution >= 0.6 is 24.0 Å². The fraction of sp³-hybridized carbons (Fsp3) is 0.286. The third kappa shape index (κ3) is 5.13. The van der Waals surface area contributed by atoms with Gasteiger partial charge in [0, 0.05) is 38.6 Å². The summed E-state index contributed by atoms with van der Waals surface area (Å²) in [7, 11) is 1.20. The molecule has 2 aromatic carbocycles. The van der Waals surface area contributed by atoms with Crippen molar-refractivity contribution >= 4 is 50.9 Å². The summed E-state index contributed by atoms with van der Waals surface area (Å²) < 4.78 is 32.2. The molecule has 0 atom stereocenters. The summed E-state index contributed by atoms with van der Waals surface area (Å²) in [6.45, 7) is 2.82. The molecule has 1 heterocycles. The first-order valence-electron chi connectivity index (χ1n) is 9.26. The van der Waals surface area contributed by atoms with E-state index in [1.165, 1.54) is 18.4 Å². The molecule has 30 heavy (non-hydrogen) atoms. The molecule has 9 heteroatoms. The summed E-state index contributed by atoms with van der Waals surface area (Å²) >= 11 is 0. The lowest BCUT2D eigenvalue weighted by Gasteiger charge is -2.16. The van der Waals surface area contributed by atoms with Crippen molar-refractivity contribution in [2.75, 3.05) is 21.1 Å². The van der Waals surface area contributed by atoms with Crippen molar-refractivity contribution in [2.45, 2.75) is 24.9 Å². The number of halogens is 1. The van der Waals surface area contributed by atoms with E-state index in [4.69, 9.17) is 4.42 Å². The normalized spacial score (nSPS) is 12.1. The van der Waals surface area contributed by atoms with Gasteiger partial charge in [0.25, 0.3) is 0 Å². The van der Waals surface area contributed by atoms with Crippen molar-refractivity contribution in [3.63, 3.8) is 0 Å². The second-order valence-electron chi connectivity index (χ2n) is 6.82. The van der Waals surface area contributed by atoms with E-state index in [1.807, 2.05) is 37.3 Å². The maximum atomic E-state index is 12.5. The van der Waals surface area contributed by atoms with Gasteiger partial charge in [0.15, 0.2) is 5.96 Å². The Morgan fingerprint density at radius 2 is 1.67 bits per heavy atom. The van der Waals surface area contributed by atoms with Crippen LogP contribution in [0.5, 0.6) is 0 Å². The van der Waals surface area contributed by atoms with E-state index < -0.39 is 10.0 Å². The molecule has 0 bridgehead atoms. The van der Waals surface area contributed by atoms with Crippen molar-refractivity contribution in [3.05, 3.63) is 65.4 Å². The van der Waals surface area contributed by atoms with Gasteiger partial charge in [-0.05, 0) is 24.6 Å². The molecular formula is C21H27IN4O3S. The summed E-state index contributed by atoms with van der Waals surface area (Å²) in [6.07, 6.45) is 0. The number of guanidine groups is 1. The van der Waals surface area contributed by atoms with Gasteiger partial charge in [-0.15, -0.1) is 24.0 Å². The predicted octanol–water partition coefficient (Wildman–Crippen LogP) is 3.47. The minimum absolute atomic E-state index is 0. The molecule has 0 spiro atoms. The van der Waals surface area contributed by atoms with Crippen LogP contribution in [0.3, 0.4) is 0 Å². The predicted molar refractivity (Wildman–Crippen MR) is 131 cm³/mol. The summed E-state index contributed by atoms with van der Waals surface area (Å²) in [6, 6.07) is 14.9. The highest BCUT2D eigenvalue weighted by atomic mass is 127. The largest absolute Gasteiger partial charge is 0.459 e. The number of aryl methyl sites for hydroxylation is 1. The number of hydrogen-bond donors (Lipinski definition) is 2. The third-order valence-electron chi connectivity index (χ3n) is 4.76. The van der Waals surface area contributed by atoms with Crippen molar-refractivity contribution in [1.82, 2.24) is 14.9 Å².